The van der Waals surface area contributed by atoms with Crippen LogP contribution in [0.3, 0.4) is 0 Å². The van der Waals surface area contributed by atoms with Crippen LogP contribution in [-0.4, -0.2) is 27.0 Å². The molecule has 6 nitrogen and oxygen atoms in total. The molecule has 4 aromatic heterocycles. The zero-order chi connectivity index (χ0) is 33.4. The van der Waals surface area contributed by atoms with Crippen LogP contribution in [0.2, 0.25) is 0 Å². The number of pyridine rings is 4. The fraction of sp³-hybridized carbons (Fsp3) is 0.0488. The first-order valence-corrected chi connectivity index (χ1v) is 15.7. The standard InChI is InChI=1S/C30H21N5.C11H6F2N.Ir/c1-34-20-35(29-25(34)14-9-19-32-29)28-17-8-16-27(33-28)30(26-15-6-7-18-31-26)23-12-4-2-10-21(23)22-11-3-5-13-24(22)30;12-8-4-5-9(10(13)7-8)11-3-1-2-6-14-11;/h2-12,14-20H,1H3;1-4,6-7H;/q-2;-1;+3/t30-;;/m0../s1. The first-order valence-electron chi connectivity index (χ1n) is 15.7. The van der Waals surface area contributed by atoms with Crippen molar-refractivity contribution < 1.29 is 28.9 Å². The van der Waals surface area contributed by atoms with Gasteiger partial charge in [-0.3, -0.25) is 13.8 Å². The smallest absolute Gasteiger partial charge is 0.502 e. The van der Waals surface area contributed by atoms with Crippen molar-refractivity contribution in [1.82, 2.24) is 19.9 Å². The number of anilines is 3. The van der Waals surface area contributed by atoms with Crippen LogP contribution in [0.15, 0.2) is 140 Å². The summed E-state index contributed by atoms with van der Waals surface area (Å²) < 4.78 is 25.8. The number of hydrogen-bond acceptors (Lipinski definition) is 6. The summed E-state index contributed by atoms with van der Waals surface area (Å²) in [5.41, 5.74) is 7.44. The van der Waals surface area contributed by atoms with E-state index < -0.39 is 17.0 Å². The Morgan fingerprint density at radius 1 is 0.720 bits per heavy atom. The van der Waals surface area contributed by atoms with Crippen LogP contribution in [0, 0.1) is 30.4 Å². The summed E-state index contributed by atoms with van der Waals surface area (Å²) in [6.45, 7) is 2.03. The van der Waals surface area contributed by atoms with Crippen LogP contribution in [0.5, 0.6) is 0 Å². The Bertz CT molecular complexity index is 2240. The maximum atomic E-state index is 13.2. The molecule has 5 heterocycles. The minimum absolute atomic E-state index is 0. The number of hydrogen-bond donors (Lipinski definition) is 0. The maximum Gasteiger partial charge on any atom is 3.00 e. The van der Waals surface area contributed by atoms with Crippen molar-refractivity contribution in [1.29, 1.82) is 0 Å². The summed E-state index contributed by atoms with van der Waals surface area (Å²) in [5.74, 6) is 0.389. The Morgan fingerprint density at radius 3 is 2.28 bits per heavy atom. The molecule has 0 amide bonds. The van der Waals surface area contributed by atoms with E-state index in [1.807, 2.05) is 67.4 Å². The third kappa shape index (κ3) is 5.54. The summed E-state index contributed by atoms with van der Waals surface area (Å²) in [7, 11) is 2.03. The molecule has 7 aromatic rings. The molecule has 0 spiro atoms. The number of fused-ring (bicyclic) bond motifs is 4. The van der Waals surface area contributed by atoms with Crippen LogP contribution in [0.1, 0.15) is 22.5 Å². The van der Waals surface area contributed by atoms with Gasteiger partial charge in [0.25, 0.3) is 0 Å². The zero-order valence-electron chi connectivity index (χ0n) is 26.6. The quantitative estimate of drug-likeness (QED) is 0.166. The fourth-order valence-corrected chi connectivity index (χ4v) is 6.62. The van der Waals surface area contributed by atoms with Gasteiger partial charge in [0.1, 0.15) is 11.6 Å². The van der Waals surface area contributed by atoms with Crippen molar-refractivity contribution in [2.24, 2.45) is 0 Å². The maximum absolute atomic E-state index is 13.2. The monoisotopic (exact) mass is 834 g/mol. The van der Waals surface area contributed by atoms with Gasteiger partial charge in [-0.25, -0.2) is 9.97 Å². The molecule has 0 N–H and O–H groups in total. The van der Waals surface area contributed by atoms with Crippen LogP contribution in [0.4, 0.5) is 26.1 Å². The molecule has 1 aliphatic heterocycles. The minimum Gasteiger partial charge on any atom is -0.502 e. The van der Waals surface area contributed by atoms with Gasteiger partial charge in [-0.05, 0) is 60.8 Å². The number of nitrogens with zero attached hydrogens (tertiary/aromatic N) is 6. The van der Waals surface area contributed by atoms with Crippen molar-refractivity contribution in [3.8, 4) is 22.4 Å². The van der Waals surface area contributed by atoms with Gasteiger partial charge in [-0.15, -0.1) is 29.9 Å². The Balaban J connectivity index is 0.000000220. The van der Waals surface area contributed by atoms with Gasteiger partial charge in [0.15, 0.2) is 0 Å². The second-order valence-electron chi connectivity index (χ2n) is 11.5. The molecule has 3 aromatic carbocycles. The molecule has 0 bridgehead atoms. The molecular formula is C41H27F2IrN6. The van der Waals surface area contributed by atoms with E-state index in [0.29, 0.717) is 5.69 Å². The van der Waals surface area contributed by atoms with Crippen molar-refractivity contribution in [2.45, 2.75) is 5.41 Å². The van der Waals surface area contributed by atoms with Crippen LogP contribution in [0.25, 0.3) is 22.4 Å². The van der Waals surface area contributed by atoms with Gasteiger partial charge in [-0.1, -0.05) is 65.7 Å². The van der Waals surface area contributed by atoms with Crippen molar-refractivity contribution in [3.05, 3.63) is 193 Å². The molecular weight excluding hydrogens is 807 g/mol. The Labute approximate surface area is 302 Å². The summed E-state index contributed by atoms with van der Waals surface area (Å²) in [5, 5.41) is 0. The predicted octanol–water partition coefficient (Wildman–Crippen LogP) is 8.57. The molecule has 244 valence electrons. The molecule has 0 radical (unpaired) electrons. The first kappa shape index (κ1) is 32.9. The molecule has 50 heavy (non-hydrogen) atoms. The Morgan fingerprint density at radius 2 is 1.48 bits per heavy atom. The van der Waals surface area contributed by atoms with Gasteiger partial charge < -0.3 is 14.8 Å². The van der Waals surface area contributed by atoms with Gasteiger partial charge in [0, 0.05) is 35.9 Å². The second kappa shape index (κ2) is 13.7. The molecule has 1 aliphatic carbocycles. The van der Waals surface area contributed by atoms with E-state index in [-0.39, 0.29) is 25.7 Å². The van der Waals surface area contributed by atoms with Crippen LogP contribution in [-0.2, 0) is 25.5 Å². The normalized spacial score (nSPS) is 15.3. The first-order chi connectivity index (χ1) is 24.1. The fourth-order valence-electron chi connectivity index (χ4n) is 6.62. The van der Waals surface area contributed by atoms with Crippen LogP contribution >= 0.6 is 0 Å². The summed E-state index contributed by atoms with van der Waals surface area (Å²) >= 11 is 0. The Hall–Kier alpha value is -5.63. The molecule has 0 fully saturated rings. The molecule has 2 aliphatic rings. The number of aromatic nitrogens is 4. The van der Waals surface area contributed by atoms with E-state index >= 15 is 0 Å². The van der Waals surface area contributed by atoms with Crippen molar-refractivity contribution in [3.63, 3.8) is 0 Å². The average molecular weight is 834 g/mol. The van der Waals surface area contributed by atoms with Crippen molar-refractivity contribution in [2.75, 3.05) is 16.8 Å². The van der Waals surface area contributed by atoms with Gasteiger partial charge in [0.05, 0.1) is 16.8 Å². The number of halogens is 2. The number of benzene rings is 3. The zero-order valence-corrected chi connectivity index (χ0v) is 29.0. The molecule has 1 atom stereocenters. The largest absolute Gasteiger partial charge is 3.00 e. The molecule has 0 unspecified atom stereocenters. The van der Waals surface area contributed by atoms with E-state index in [9.17, 15) is 8.78 Å². The van der Waals surface area contributed by atoms with Crippen LogP contribution < -0.4 is 9.80 Å². The van der Waals surface area contributed by atoms with E-state index in [1.54, 1.807) is 24.4 Å². The third-order valence-corrected chi connectivity index (χ3v) is 8.71. The molecule has 9 rings (SSSR count). The summed E-state index contributed by atoms with van der Waals surface area (Å²) in [4.78, 5) is 22.9. The average Bonchev–Trinajstić information content (AvgIpc) is 3.65. The summed E-state index contributed by atoms with van der Waals surface area (Å²) in [6.07, 6.45) is 5.22. The SMILES string of the molecule is CN1[CH-]N(c2cccc([C@]3(c4ccccn4)c4[c-]cccc4-c4ccccc43)n2)c2ncccc21.Fc1c[c-]c(-c2ccccn2)c(F)c1.[Ir+3]. The molecule has 0 saturated heterocycles. The van der Waals surface area contributed by atoms with E-state index in [1.165, 1.54) is 16.7 Å². The van der Waals surface area contributed by atoms with Crippen molar-refractivity contribution >= 4 is 17.3 Å². The van der Waals surface area contributed by atoms with E-state index in [2.05, 4.69) is 81.6 Å². The van der Waals surface area contributed by atoms with E-state index in [0.717, 1.165) is 46.4 Å². The third-order valence-electron chi connectivity index (χ3n) is 8.71. The molecule has 9 heteroatoms. The minimum atomic E-state index is -0.678. The van der Waals surface area contributed by atoms with Gasteiger partial charge >= 0.3 is 20.1 Å². The summed E-state index contributed by atoms with van der Waals surface area (Å²) in [6, 6.07) is 44.2. The molecule has 0 saturated carbocycles. The second-order valence-corrected chi connectivity index (χ2v) is 11.5. The van der Waals surface area contributed by atoms with Gasteiger partial charge in [-0.2, -0.15) is 24.3 Å². The number of rotatable bonds is 4. The van der Waals surface area contributed by atoms with Gasteiger partial charge in [0.2, 0.25) is 0 Å². The Kier molecular flexibility index (Phi) is 9.02. The topological polar surface area (TPSA) is 58.0 Å². The van der Waals surface area contributed by atoms with E-state index in [4.69, 9.17) is 9.97 Å². The predicted molar refractivity (Wildman–Crippen MR) is 186 cm³/mol.